The van der Waals surface area contributed by atoms with E-state index in [1.165, 1.54) is 0 Å². The maximum atomic E-state index is 10.4. The summed E-state index contributed by atoms with van der Waals surface area (Å²) >= 11 is 0. The molecule has 2 unspecified atom stereocenters. The normalized spacial score (nSPS) is 20.3. The summed E-state index contributed by atoms with van der Waals surface area (Å²) in [6.07, 6.45) is 4.15. The van der Waals surface area contributed by atoms with Crippen LogP contribution in [-0.2, 0) is 0 Å². The van der Waals surface area contributed by atoms with Crippen LogP contribution in [0, 0.1) is 13.8 Å². The predicted octanol–water partition coefficient (Wildman–Crippen LogP) is 3.64. The molecular formula is C20H21N3O2. The number of aryl methyl sites for hydroxylation is 2. The predicted molar refractivity (Wildman–Crippen MR) is 96.5 cm³/mol. The number of benzene rings is 1. The zero-order valence-corrected chi connectivity index (χ0v) is 14.4. The molecule has 0 radical (unpaired) electrons. The van der Waals surface area contributed by atoms with Crippen molar-refractivity contribution in [3.8, 4) is 17.0 Å². The van der Waals surface area contributed by atoms with Crippen LogP contribution < -0.4 is 0 Å². The lowest BCUT2D eigenvalue weighted by atomic mass is 10.0. The van der Waals surface area contributed by atoms with Crippen LogP contribution in [0.15, 0.2) is 30.5 Å². The molecule has 1 aliphatic rings. The van der Waals surface area contributed by atoms with Gasteiger partial charge in [0.15, 0.2) is 5.65 Å². The lowest BCUT2D eigenvalue weighted by molar-refractivity contribution is 0.162. The van der Waals surface area contributed by atoms with E-state index >= 15 is 0 Å². The molecule has 5 heteroatoms. The Balaban J connectivity index is 1.82. The minimum absolute atomic E-state index is 0.0388. The molecule has 0 saturated heterocycles. The number of aliphatic hydroxyl groups excluding tert-OH is 1. The van der Waals surface area contributed by atoms with Crippen molar-refractivity contribution >= 4 is 11.2 Å². The summed E-state index contributed by atoms with van der Waals surface area (Å²) in [4.78, 5) is 13.7. The van der Waals surface area contributed by atoms with E-state index in [1.807, 2.05) is 32.0 Å². The monoisotopic (exact) mass is 335 g/mol. The second kappa shape index (κ2) is 6.08. The van der Waals surface area contributed by atoms with Gasteiger partial charge in [0.2, 0.25) is 0 Å². The van der Waals surface area contributed by atoms with Crippen molar-refractivity contribution in [3.05, 3.63) is 47.3 Å². The van der Waals surface area contributed by atoms with Crippen molar-refractivity contribution in [2.45, 2.75) is 45.1 Å². The Labute approximate surface area is 146 Å². The molecule has 0 aliphatic heterocycles. The number of hydrogen-bond donors (Lipinski definition) is 2. The fraction of sp³-hybridized carbons (Fsp3) is 0.350. The third-order valence-electron chi connectivity index (χ3n) is 5.00. The first-order chi connectivity index (χ1) is 12.0. The number of pyridine rings is 1. The first-order valence-corrected chi connectivity index (χ1v) is 8.65. The van der Waals surface area contributed by atoms with Crippen molar-refractivity contribution in [2.75, 3.05) is 0 Å². The number of fused-ring (bicyclic) bond motifs is 1. The Bertz CT molecular complexity index is 932. The van der Waals surface area contributed by atoms with Gasteiger partial charge in [-0.1, -0.05) is 12.5 Å². The van der Waals surface area contributed by atoms with Gasteiger partial charge in [-0.2, -0.15) is 0 Å². The Kier molecular flexibility index (Phi) is 3.88. The molecule has 0 spiro atoms. The third kappa shape index (κ3) is 2.85. The van der Waals surface area contributed by atoms with Crippen molar-refractivity contribution in [1.29, 1.82) is 0 Å². The van der Waals surface area contributed by atoms with Gasteiger partial charge < -0.3 is 10.2 Å². The number of aromatic hydroxyl groups is 1. The van der Waals surface area contributed by atoms with Gasteiger partial charge in [-0.25, -0.2) is 9.97 Å². The molecule has 1 aliphatic carbocycles. The molecule has 1 saturated carbocycles. The maximum absolute atomic E-state index is 10.4. The van der Waals surface area contributed by atoms with E-state index in [2.05, 4.69) is 15.0 Å². The number of aliphatic hydroxyl groups is 1. The molecule has 3 aromatic rings. The lowest BCUT2D eigenvalue weighted by Crippen LogP contribution is -2.13. The maximum Gasteiger partial charge on any atom is 0.179 e. The van der Waals surface area contributed by atoms with Crippen LogP contribution in [0.4, 0.5) is 0 Å². The van der Waals surface area contributed by atoms with E-state index in [0.717, 1.165) is 41.6 Å². The molecule has 25 heavy (non-hydrogen) atoms. The van der Waals surface area contributed by atoms with Gasteiger partial charge >= 0.3 is 0 Å². The zero-order chi connectivity index (χ0) is 17.6. The number of phenolic OH excluding ortho intramolecular Hbond substituents is 1. The topological polar surface area (TPSA) is 79.1 Å². The molecule has 128 valence electrons. The second-order valence-electron chi connectivity index (χ2n) is 6.91. The van der Waals surface area contributed by atoms with Gasteiger partial charge in [0.25, 0.3) is 0 Å². The van der Waals surface area contributed by atoms with E-state index in [-0.39, 0.29) is 17.8 Å². The van der Waals surface area contributed by atoms with Gasteiger partial charge in [0.1, 0.15) is 11.3 Å². The van der Waals surface area contributed by atoms with E-state index in [1.54, 1.807) is 12.3 Å². The van der Waals surface area contributed by atoms with Crippen molar-refractivity contribution in [2.24, 2.45) is 0 Å². The van der Waals surface area contributed by atoms with Gasteiger partial charge in [-0.15, -0.1) is 0 Å². The molecule has 0 bridgehead atoms. The summed E-state index contributed by atoms with van der Waals surface area (Å²) in [5.41, 5.74) is 5.45. The van der Waals surface area contributed by atoms with E-state index in [0.29, 0.717) is 16.9 Å². The van der Waals surface area contributed by atoms with Crippen LogP contribution in [0.1, 0.15) is 42.0 Å². The van der Waals surface area contributed by atoms with E-state index < -0.39 is 0 Å². The second-order valence-corrected chi connectivity index (χ2v) is 6.91. The number of nitrogens with zero attached hydrogens (tertiary/aromatic N) is 3. The third-order valence-corrected chi connectivity index (χ3v) is 5.00. The van der Waals surface area contributed by atoms with Crippen molar-refractivity contribution in [1.82, 2.24) is 15.0 Å². The average Bonchev–Trinajstić information content (AvgIpc) is 2.99. The lowest BCUT2D eigenvalue weighted by Gasteiger charge is -2.14. The van der Waals surface area contributed by atoms with Gasteiger partial charge in [-0.3, -0.25) is 4.98 Å². The van der Waals surface area contributed by atoms with Crippen molar-refractivity contribution in [3.63, 3.8) is 0 Å². The first kappa shape index (κ1) is 16.0. The smallest absolute Gasteiger partial charge is 0.179 e. The van der Waals surface area contributed by atoms with Gasteiger partial charge in [-0.05, 0) is 56.0 Å². The van der Waals surface area contributed by atoms with Crippen LogP contribution >= 0.6 is 0 Å². The van der Waals surface area contributed by atoms with Crippen LogP contribution in [-0.4, -0.2) is 31.3 Å². The van der Waals surface area contributed by atoms with E-state index in [4.69, 9.17) is 0 Å². The summed E-state index contributed by atoms with van der Waals surface area (Å²) in [5.74, 6) is 0.261. The molecule has 4 rings (SSSR count). The molecule has 0 amide bonds. The van der Waals surface area contributed by atoms with Gasteiger partial charge in [0.05, 0.1) is 17.5 Å². The Morgan fingerprint density at radius 1 is 1.08 bits per heavy atom. The summed E-state index contributed by atoms with van der Waals surface area (Å²) in [6.45, 7) is 3.92. The van der Waals surface area contributed by atoms with Crippen LogP contribution in [0.5, 0.6) is 5.75 Å². The standard InChI is InChI=1S/C20H21N3O2/c1-11-8-12(2)19(18(25)9-11)14-6-7-15-20(22-14)23-16(10-21-15)13-4-3-5-17(13)24/h6-10,13,17,24-25H,3-5H2,1-2H3. The molecular weight excluding hydrogens is 314 g/mol. The molecule has 2 N–H and O–H groups in total. The highest BCUT2D eigenvalue weighted by molar-refractivity contribution is 5.78. The summed E-state index contributed by atoms with van der Waals surface area (Å²) in [5, 5.41) is 20.5. The molecule has 2 heterocycles. The van der Waals surface area contributed by atoms with Crippen LogP contribution in [0.25, 0.3) is 22.4 Å². The summed E-state index contributed by atoms with van der Waals surface area (Å²) in [6, 6.07) is 7.50. The number of rotatable bonds is 2. The highest BCUT2D eigenvalue weighted by Gasteiger charge is 2.28. The minimum Gasteiger partial charge on any atom is -0.507 e. The molecule has 5 nitrogen and oxygen atoms in total. The first-order valence-electron chi connectivity index (χ1n) is 8.65. The van der Waals surface area contributed by atoms with Crippen molar-refractivity contribution < 1.29 is 10.2 Å². The highest BCUT2D eigenvalue weighted by atomic mass is 16.3. The Hall–Kier alpha value is -2.53. The molecule has 2 atom stereocenters. The summed E-state index contributed by atoms with van der Waals surface area (Å²) < 4.78 is 0. The SMILES string of the molecule is Cc1cc(C)c(-c2ccc3ncc(C4CCCC4O)nc3n2)c(O)c1. The Morgan fingerprint density at radius 3 is 2.64 bits per heavy atom. The Morgan fingerprint density at radius 2 is 1.92 bits per heavy atom. The number of aromatic nitrogens is 3. The van der Waals surface area contributed by atoms with Crippen LogP contribution in [0.3, 0.4) is 0 Å². The largest absolute Gasteiger partial charge is 0.507 e. The fourth-order valence-electron chi connectivity index (χ4n) is 3.79. The number of hydrogen-bond acceptors (Lipinski definition) is 5. The molecule has 1 fully saturated rings. The van der Waals surface area contributed by atoms with Crippen LogP contribution in [0.2, 0.25) is 0 Å². The van der Waals surface area contributed by atoms with E-state index in [9.17, 15) is 10.2 Å². The molecule has 1 aromatic carbocycles. The average molecular weight is 335 g/mol. The highest BCUT2D eigenvalue weighted by Crippen LogP contribution is 2.35. The fourth-order valence-corrected chi connectivity index (χ4v) is 3.79. The van der Waals surface area contributed by atoms with Gasteiger partial charge in [0, 0.05) is 17.7 Å². The minimum atomic E-state index is -0.349. The quantitative estimate of drug-likeness (QED) is 0.747. The number of phenols is 1. The summed E-state index contributed by atoms with van der Waals surface area (Å²) in [7, 11) is 0. The zero-order valence-electron chi connectivity index (χ0n) is 14.4. The molecule has 2 aromatic heterocycles.